The van der Waals surface area contributed by atoms with Gasteiger partial charge in [0, 0.05) is 5.30 Å². The molecule has 0 radical (unpaired) electrons. The minimum absolute atomic E-state index is 0.237. The van der Waals surface area contributed by atoms with Gasteiger partial charge in [-0.05, 0) is 22.3 Å². The van der Waals surface area contributed by atoms with E-state index in [1.54, 1.807) is 0 Å². The van der Waals surface area contributed by atoms with Crippen LogP contribution in [0, 0.1) is 0 Å². The summed E-state index contributed by atoms with van der Waals surface area (Å²) in [6, 6.07) is 30.3. The van der Waals surface area contributed by atoms with Crippen LogP contribution in [0.15, 0.2) is 91.0 Å². The summed E-state index contributed by atoms with van der Waals surface area (Å²) in [7, 11) is -2.79. The average Bonchev–Trinajstić information content (AvgIpc) is 2.92. The molecule has 0 fully saturated rings. The largest absolute Gasteiger partial charge is 0.316 e. The van der Waals surface area contributed by atoms with E-state index in [0.717, 1.165) is 27.6 Å². The summed E-state index contributed by atoms with van der Waals surface area (Å²) in [6.45, 7) is 0. The first-order chi connectivity index (χ1) is 12.6. The first kappa shape index (κ1) is 18.0. The molecule has 0 saturated heterocycles. The number of allylic oxidation sites excluding steroid dienone is 2. The van der Waals surface area contributed by atoms with E-state index in [-0.39, 0.29) is 9.14 Å². The van der Waals surface area contributed by atoms with Gasteiger partial charge in [-0.25, -0.2) is 0 Å². The van der Waals surface area contributed by atoms with Crippen molar-refractivity contribution in [3.05, 3.63) is 102 Å². The maximum atomic E-state index is 14.3. The minimum atomic E-state index is -2.79. The highest BCUT2D eigenvalue weighted by Crippen LogP contribution is 2.71. The molecule has 3 atom stereocenters. The smallest absolute Gasteiger partial charge is 0.150 e. The molecule has 4 heteroatoms. The number of rotatable bonds is 3. The lowest BCUT2D eigenvalue weighted by Crippen LogP contribution is -2.15. The monoisotopic (exact) mass is 486 g/mol. The quantitative estimate of drug-likeness (QED) is 0.295. The second-order valence-electron chi connectivity index (χ2n) is 6.28. The van der Waals surface area contributed by atoms with Gasteiger partial charge in [0.25, 0.3) is 0 Å². The van der Waals surface area contributed by atoms with Crippen LogP contribution in [0.5, 0.6) is 0 Å². The fraction of sp³-hybridized carbons (Fsp3) is 0.0909. The van der Waals surface area contributed by atoms with Crippen LogP contribution in [0.25, 0.3) is 11.1 Å². The summed E-state index contributed by atoms with van der Waals surface area (Å²) in [4.78, 5) is 0. The van der Waals surface area contributed by atoms with Crippen LogP contribution in [0.1, 0.15) is 11.1 Å². The average molecular weight is 488 g/mol. The molecule has 0 aromatic heterocycles. The summed E-state index contributed by atoms with van der Waals surface area (Å²) >= 11 is 7.66. The molecule has 3 aromatic rings. The molecule has 1 unspecified atom stereocenters. The van der Waals surface area contributed by atoms with E-state index >= 15 is 0 Å². The summed E-state index contributed by atoms with van der Waals surface area (Å²) in [6.07, 6.45) is 0. The fourth-order valence-electron chi connectivity index (χ4n) is 3.50. The zero-order chi connectivity index (χ0) is 18.1. The molecule has 26 heavy (non-hydrogen) atoms. The van der Waals surface area contributed by atoms with E-state index in [4.69, 9.17) is 0 Å². The molecule has 0 bridgehead atoms. The predicted octanol–water partition coefficient (Wildman–Crippen LogP) is 6.74. The summed E-state index contributed by atoms with van der Waals surface area (Å²) in [5, 5.41) is 0.892. The number of hydrogen-bond donors (Lipinski definition) is 0. The van der Waals surface area contributed by atoms with Crippen molar-refractivity contribution >= 4 is 55.5 Å². The topological polar surface area (TPSA) is 17.1 Å². The molecule has 130 valence electrons. The molecule has 0 aliphatic carbocycles. The summed E-state index contributed by atoms with van der Waals surface area (Å²) in [5.74, 6) is 0. The predicted molar refractivity (Wildman–Crippen MR) is 119 cm³/mol. The van der Waals surface area contributed by atoms with Gasteiger partial charge in [-0.3, -0.25) is 0 Å². The number of halogens is 2. The molecule has 3 aromatic carbocycles. The molecule has 0 N–H and O–H groups in total. The molecule has 1 aliphatic rings. The second kappa shape index (κ2) is 7.31. The van der Waals surface area contributed by atoms with Crippen LogP contribution in [0.2, 0.25) is 0 Å². The van der Waals surface area contributed by atoms with Gasteiger partial charge < -0.3 is 4.57 Å². The lowest BCUT2D eigenvalue weighted by atomic mass is 9.97. The second-order valence-corrected chi connectivity index (χ2v) is 12.5. The normalized spacial score (nSPS) is 25.5. The van der Waals surface area contributed by atoms with Gasteiger partial charge in [0.2, 0.25) is 0 Å². The Labute approximate surface area is 170 Å². The van der Waals surface area contributed by atoms with Crippen molar-refractivity contribution in [2.24, 2.45) is 0 Å². The zero-order valence-corrected chi connectivity index (χ0v) is 18.0. The maximum absolute atomic E-state index is 14.3. The maximum Gasteiger partial charge on any atom is 0.150 e. The van der Waals surface area contributed by atoms with Crippen LogP contribution >= 0.6 is 39.0 Å². The van der Waals surface area contributed by atoms with Gasteiger partial charge in [-0.1, -0.05) is 123 Å². The third kappa shape index (κ3) is 2.87. The highest BCUT2D eigenvalue weighted by molar-refractivity contribution is 9.13. The molecule has 4 rings (SSSR count). The number of hydrogen-bond acceptors (Lipinski definition) is 1. The Morgan fingerprint density at radius 3 is 1.31 bits per heavy atom. The van der Waals surface area contributed by atoms with Crippen molar-refractivity contribution in [1.82, 2.24) is 0 Å². The van der Waals surface area contributed by atoms with Crippen molar-refractivity contribution in [2.45, 2.75) is 9.14 Å². The first-order valence-electron chi connectivity index (χ1n) is 8.42. The molecule has 0 amide bonds. The van der Waals surface area contributed by atoms with Crippen molar-refractivity contribution in [1.29, 1.82) is 0 Å². The van der Waals surface area contributed by atoms with E-state index in [2.05, 4.69) is 56.1 Å². The number of alkyl halides is 2. The minimum Gasteiger partial charge on any atom is -0.316 e. The molecular formula is C22H17Br2OP. The van der Waals surface area contributed by atoms with Gasteiger partial charge in [0.05, 0.1) is 9.14 Å². The Morgan fingerprint density at radius 1 is 0.577 bits per heavy atom. The molecule has 1 aliphatic heterocycles. The van der Waals surface area contributed by atoms with E-state index < -0.39 is 7.14 Å². The molecule has 1 nitrogen and oxygen atoms in total. The Hall–Kier alpha value is -1.41. The molecule has 1 heterocycles. The zero-order valence-electron chi connectivity index (χ0n) is 13.9. The van der Waals surface area contributed by atoms with Gasteiger partial charge in [0.15, 0.2) is 0 Å². The third-order valence-electron chi connectivity index (χ3n) is 4.77. The van der Waals surface area contributed by atoms with Crippen molar-refractivity contribution in [2.75, 3.05) is 0 Å². The van der Waals surface area contributed by atoms with E-state index in [1.807, 2.05) is 66.7 Å². The highest BCUT2D eigenvalue weighted by atomic mass is 79.9. The van der Waals surface area contributed by atoms with Crippen molar-refractivity contribution < 1.29 is 4.57 Å². The van der Waals surface area contributed by atoms with E-state index in [9.17, 15) is 4.57 Å². The lowest BCUT2D eigenvalue weighted by molar-refractivity contribution is 0.584. The number of benzene rings is 3. The standard InChI is InChI=1S/C22H17Br2OP/c23-21-19(16-10-4-1-5-11-16)20(17-12-6-2-7-13-17)22(24)26(21,25)18-14-8-3-9-15-18/h1-15,21-22H/t21-,22+,26?. The van der Waals surface area contributed by atoms with Gasteiger partial charge in [-0.2, -0.15) is 0 Å². The Kier molecular flexibility index (Phi) is 5.05. The van der Waals surface area contributed by atoms with Gasteiger partial charge in [-0.15, -0.1) is 0 Å². The summed E-state index contributed by atoms with van der Waals surface area (Å²) in [5.41, 5.74) is 4.41. The third-order valence-corrected chi connectivity index (χ3v) is 12.3. The van der Waals surface area contributed by atoms with Crippen LogP contribution in [0.3, 0.4) is 0 Å². The fourth-order valence-corrected chi connectivity index (χ4v) is 11.0. The Morgan fingerprint density at radius 2 is 0.923 bits per heavy atom. The van der Waals surface area contributed by atoms with Crippen LogP contribution in [-0.2, 0) is 4.57 Å². The van der Waals surface area contributed by atoms with Gasteiger partial charge in [0.1, 0.15) is 7.14 Å². The first-order valence-corrected chi connectivity index (χ1v) is 12.1. The molecule has 0 saturated carbocycles. The van der Waals surface area contributed by atoms with Crippen molar-refractivity contribution in [3.8, 4) is 0 Å². The highest BCUT2D eigenvalue weighted by Gasteiger charge is 2.50. The lowest BCUT2D eigenvalue weighted by Gasteiger charge is -2.22. The molecular weight excluding hydrogens is 471 g/mol. The Balaban J connectivity index is 1.97. The summed E-state index contributed by atoms with van der Waals surface area (Å²) < 4.78 is 13.8. The van der Waals surface area contributed by atoms with Gasteiger partial charge >= 0.3 is 0 Å². The van der Waals surface area contributed by atoms with Crippen molar-refractivity contribution in [3.63, 3.8) is 0 Å². The SMILES string of the molecule is O=P1(c2ccccc2)[C@H](Br)C(c2ccccc2)=C(c2ccccc2)[C@@H]1Br. The van der Waals surface area contributed by atoms with Crippen LogP contribution in [-0.4, -0.2) is 9.14 Å². The van der Waals surface area contributed by atoms with Crippen LogP contribution in [0.4, 0.5) is 0 Å². The van der Waals surface area contributed by atoms with E-state index in [1.165, 1.54) is 0 Å². The van der Waals surface area contributed by atoms with E-state index in [0.29, 0.717) is 0 Å². The molecule has 0 spiro atoms. The van der Waals surface area contributed by atoms with Crippen LogP contribution < -0.4 is 5.30 Å². The Bertz CT molecular complexity index is 925.